The number of rotatable bonds is 9. The SMILES string of the molecule is COc1ccccc1OCC(=O)NC[C@@H](c1ccc(N(C)C)cc1)N1CCN(C)CC1. The Labute approximate surface area is 185 Å². The molecule has 7 heteroatoms. The highest BCUT2D eigenvalue weighted by molar-refractivity contribution is 5.77. The van der Waals surface area contributed by atoms with Crippen LogP contribution in [0.15, 0.2) is 48.5 Å². The molecule has 0 unspecified atom stereocenters. The molecular weight excluding hydrogens is 392 g/mol. The van der Waals surface area contributed by atoms with Crippen LogP contribution in [-0.2, 0) is 4.79 Å². The number of likely N-dealkylation sites (N-methyl/N-ethyl adjacent to an activating group) is 1. The van der Waals surface area contributed by atoms with Crippen molar-refractivity contribution in [3.8, 4) is 11.5 Å². The fourth-order valence-electron chi connectivity index (χ4n) is 3.73. The Bertz CT molecular complexity index is 833. The van der Waals surface area contributed by atoms with Crippen molar-refractivity contribution < 1.29 is 14.3 Å². The number of carbonyl (C=O) groups is 1. The number of hydrogen-bond acceptors (Lipinski definition) is 6. The number of para-hydroxylation sites is 2. The van der Waals surface area contributed by atoms with Gasteiger partial charge < -0.3 is 24.6 Å². The minimum atomic E-state index is -0.144. The van der Waals surface area contributed by atoms with Crippen molar-refractivity contribution in [1.82, 2.24) is 15.1 Å². The summed E-state index contributed by atoms with van der Waals surface area (Å²) in [6.07, 6.45) is 0. The van der Waals surface area contributed by atoms with Gasteiger partial charge in [0.2, 0.25) is 0 Å². The number of ether oxygens (including phenoxy) is 2. The van der Waals surface area contributed by atoms with Crippen LogP contribution in [0.5, 0.6) is 11.5 Å². The molecule has 7 nitrogen and oxygen atoms in total. The Morgan fingerprint density at radius 1 is 1.03 bits per heavy atom. The lowest BCUT2D eigenvalue weighted by molar-refractivity contribution is -0.123. The van der Waals surface area contributed by atoms with Gasteiger partial charge in [-0.15, -0.1) is 0 Å². The maximum Gasteiger partial charge on any atom is 0.258 e. The normalized spacial score (nSPS) is 15.9. The van der Waals surface area contributed by atoms with Gasteiger partial charge in [0.05, 0.1) is 13.2 Å². The highest BCUT2D eigenvalue weighted by Crippen LogP contribution is 2.26. The van der Waals surface area contributed by atoms with Crippen LogP contribution in [0.3, 0.4) is 0 Å². The summed E-state index contributed by atoms with van der Waals surface area (Å²) in [5.74, 6) is 1.04. The zero-order valence-corrected chi connectivity index (χ0v) is 19.0. The molecule has 0 spiro atoms. The van der Waals surface area contributed by atoms with E-state index in [1.807, 2.05) is 32.3 Å². The molecule has 1 N–H and O–H groups in total. The van der Waals surface area contributed by atoms with Gasteiger partial charge in [0.15, 0.2) is 18.1 Å². The number of piperazine rings is 1. The van der Waals surface area contributed by atoms with E-state index >= 15 is 0 Å². The number of carbonyl (C=O) groups excluding carboxylic acids is 1. The fourth-order valence-corrected chi connectivity index (χ4v) is 3.73. The lowest BCUT2D eigenvalue weighted by atomic mass is 10.0. The number of nitrogens with zero attached hydrogens (tertiary/aromatic N) is 3. The summed E-state index contributed by atoms with van der Waals surface area (Å²) in [5, 5.41) is 3.06. The van der Waals surface area contributed by atoms with E-state index in [9.17, 15) is 4.79 Å². The molecule has 1 amide bonds. The van der Waals surface area contributed by atoms with Gasteiger partial charge in [-0.2, -0.15) is 0 Å². The number of benzene rings is 2. The summed E-state index contributed by atoms with van der Waals surface area (Å²) in [6, 6.07) is 16.0. The van der Waals surface area contributed by atoms with E-state index in [0.717, 1.165) is 31.9 Å². The second-order valence-electron chi connectivity index (χ2n) is 8.08. The third-order valence-electron chi connectivity index (χ3n) is 5.69. The summed E-state index contributed by atoms with van der Waals surface area (Å²) >= 11 is 0. The van der Waals surface area contributed by atoms with Crippen LogP contribution in [0.1, 0.15) is 11.6 Å². The molecule has 1 aliphatic rings. The monoisotopic (exact) mass is 426 g/mol. The molecule has 0 aromatic heterocycles. The molecule has 3 rings (SSSR count). The summed E-state index contributed by atoms with van der Waals surface area (Å²) in [4.78, 5) is 19.4. The number of methoxy groups -OCH3 is 1. The molecule has 0 saturated carbocycles. The van der Waals surface area contributed by atoms with E-state index in [1.54, 1.807) is 13.2 Å². The average Bonchev–Trinajstić information content (AvgIpc) is 2.79. The van der Waals surface area contributed by atoms with Crippen molar-refractivity contribution in [2.24, 2.45) is 0 Å². The van der Waals surface area contributed by atoms with E-state index in [-0.39, 0.29) is 18.6 Å². The first kappa shape index (κ1) is 22.9. The van der Waals surface area contributed by atoms with Gasteiger partial charge in [-0.1, -0.05) is 24.3 Å². The molecular formula is C24H34N4O3. The van der Waals surface area contributed by atoms with Crippen molar-refractivity contribution in [3.63, 3.8) is 0 Å². The van der Waals surface area contributed by atoms with Crippen molar-refractivity contribution in [3.05, 3.63) is 54.1 Å². The maximum atomic E-state index is 12.5. The van der Waals surface area contributed by atoms with Crippen LogP contribution in [0.4, 0.5) is 5.69 Å². The van der Waals surface area contributed by atoms with Crippen molar-refractivity contribution in [2.45, 2.75) is 6.04 Å². The fraction of sp³-hybridized carbons (Fsp3) is 0.458. The predicted octanol–water partition coefficient (Wildman–Crippen LogP) is 2.24. The molecule has 1 fully saturated rings. The summed E-state index contributed by atoms with van der Waals surface area (Å²) in [5.41, 5.74) is 2.37. The summed E-state index contributed by atoms with van der Waals surface area (Å²) in [7, 11) is 7.81. The molecule has 31 heavy (non-hydrogen) atoms. The van der Waals surface area contributed by atoms with E-state index in [2.05, 4.69) is 51.3 Å². The van der Waals surface area contributed by atoms with Crippen LogP contribution in [0.25, 0.3) is 0 Å². The number of anilines is 1. The zero-order chi connectivity index (χ0) is 22.2. The molecule has 1 atom stereocenters. The molecule has 0 aliphatic carbocycles. The molecule has 2 aromatic carbocycles. The van der Waals surface area contributed by atoms with Crippen molar-refractivity contribution in [1.29, 1.82) is 0 Å². The van der Waals surface area contributed by atoms with Crippen LogP contribution in [0, 0.1) is 0 Å². The highest BCUT2D eigenvalue weighted by atomic mass is 16.5. The van der Waals surface area contributed by atoms with Crippen LogP contribution < -0.4 is 19.7 Å². The Morgan fingerprint density at radius 2 is 1.68 bits per heavy atom. The standard InChI is InChI=1S/C24H34N4O3/c1-26(2)20-11-9-19(10-12-20)21(28-15-13-27(3)14-16-28)17-25-24(29)18-31-23-8-6-5-7-22(23)30-4/h5-12,21H,13-18H2,1-4H3,(H,25,29)/t21-/m0/s1. The van der Waals surface area contributed by atoms with E-state index < -0.39 is 0 Å². The Balaban J connectivity index is 1.63. The Kier molecular flexibility index (Phi) is 8.14. The minimum Gasteiger partial charge on any atom is -0.493 e. The molecule has 1 aliphatic heterocycles. The van der Waals surface area contributed by atoms with Gasteiger partial charge in [-0.25, -0.2) is 0 Å². The average molecular weight is 427 g/mol. The minimum absolute atomic E-state index is 0.0462. The second-order valence-corrected chi connectivity index (χ2v) is 8.08. The molecule has 168 valence electrons. The second kappa shape index (κ2) is 11.0. The van der Waals surface area contributed by atoms with Crippen molar-refractivity contribution >= 4 is 11.6 Å². The third kappa shape index (κ3) is 6.35. The first-order valence-electron chi connectivity index (χ1n) is 10.7. The Hall–Kier alpha value is -2.77. The van der Waals surface area contributed by atoms with Crippen molar-refractivity contribution in [2.75, 3.05) is 72.5 Å². The molecule has 2 aromatic rings. The van der Waals surface area contributed by atoms with E-state index in [1.165, 1.54) is 5.56 Å². The van der Waals surface area contributed by atoms with Gasteiger partial charge >= 0.3 is 0 Å². The van der Waals surface area contributed by atoms with Gasteiger partial charge in [-0.3, -0.25) is 9.69 Å². The van der Waals surface area contributed by atoms with E-state index in [4.69, 9.17) is 9.47 Å². The molecule has 1 saturated heterocycles. The molecule has 1 heterocycles. The smallest absolute Gasteiger partial charge is 0.258 e. The zero-order valence-electron chi connectivity index (χ0n) is 19.0. The van der Waals surface area contributed by atoms with Gasteiger partial charge in [-0.05, 0) is 36.9 Å². The van der Waals surface area contributed by atoms with E-state index in [0.29, 0.717) is 18.0 Å². The third-order valence-corrected chi connectivity index (χ3v) is 5.69. The summed E-state index contributed by atoms with van der Waals surface area (Å²) in [6.45, 7) is 4.50. The van der Waals surface area contributed by atoms with Gasteiger partial charge in [0.1, 0.15) is 0 Å². The van der Waals surface area contributed by atoms with Gasteiger partial charge in [0.25, 0.3) is 5.91 Å². The number of hydrogen-bond donors (Lipinski definition) is 1. The van der Waals surface area contributed by atoms with Gasteiger partial charge in [0, 0.05) is 52.5 Å². The predicted molar refractivity (Wildman–Crippen MR) is 124 cm³/mol. The maximum absolute atomic E-state index is 12.5. The topological polar surface area (TPSA) is 57.3 Å². The molecule has 0 radical (unpaired) electrons. The Morgan fingerprint density at radius 3 is 2.29 bits per heavy atom. The largest absolute Gasteiger partial charge is 0.493 e. The number of nitrogens with one attached hydrogen (secondary N) is 1. The van der Waals surface area contributed by atoms with Crippen LogP contribution in [0.2, 0.25) is 0 Å². The quantitative estimate of drug-likeness (QED) is 0.664. The first-order chi connectivity index (χ1) is 15.0. The highest BCUT2D eigenvalue weighted by Gasteiger charge is 2.24. The van der Waals surface area contributed by atoms with Crippen LogP contribution >= 0.6 is 0 Å². The van der Waals surface area contributed by atoms with Crippen LogP contribution in [-0.4, -0.2) is 83.3 Å². The summed E-state index contributed by atoms with van der Waals surface area (Å²) < 4.78 is 10.9. The lowest BCUT2D eigenvalue weighted by Crippen LogP contribution is -2.48. The molecule has 0 bridgehead atoms. The lowest BCUT2D eigenvalue weighted by Gasteiger charge is -2.38. The number of amides is 1. The first-order valence-corrected chi connectivity index (χ1v) is 10.7.